The molecule has 2 N–H and O–H groups in total. The van der Waals surface area contributed by atoms with Crippen LogP contribution >= 0.6 is 0 Å². The van der Waals surface area contributed by atoms with Crippen molar-refractivity contribution in [3.05, 3.63) is 23.7 Å². The van der Waals surface area contributed by atoms with Crippen molar-refractivity contribution < 1.29 is 19.1 Å². The number of aryl methyl sites for hydroxylation is 1. The fourth-order valence-corrected chi connectivity index (χ4v) is 2.00. The zero-order valence-electron chi connectivity index (χ0n) is 10.4. The molecule has 0 aliphatic carbocycles. The molecule has 1 aliphatic rings. The monoisotopic (exact) mass is 252 g/mol. The lowest BCUT2D eigenvalue weighted by Gasteiger charge is -2.18. The van der Waals surface area contributed by atoms with Crippen molar-refractivity contribution in [1.29, 1.82) is 0 Å². The number of amides is 3. The van der Waals surface area contributed by atoms with Gasteiger partial charge in [-0.2, -0.15) is 0 Å². The maximum Gasteiger partial charge on any atom is 0.325 e. The first-order valence-corrected chi connectivity index (χ1v) is 5.81. The molecule has 0 radical (unpaired) electrons. The largest absolute Gasteiger partial charge is 0.463 e. The molecule has 3 amide bonds. The van der Waals surface area contributed by atoms with Gasteiger partial charge in [0, 0.05) is 13.2 Å². The van der Waals surface area contributed by atoms with Crippen LogP contribution in [0.1, 0.15) is 24.9 Å². The predicted octanol–water partition coefficient (Wildman–Crippen LogP) is 0.737. The second-order valence-electron chi connectivity index (χ2n) is 4.50. The quantitative estimate of drug-likeness (QED) is 0.774. The lowest BCUT2D eigenvalue weighted by atomic mass is 9.99. The van der Waals surface area contributed by atoms with Crippen molar-refractivity contribution in [3.8, 4) is 0 Å². The molecule has 18 heavy (non-hydrogen) atoms. The lowest BCUT2D eigenvalue weighted by molar-refractivity contribution is -0.131. The molecule has 1 unspecified atom stereocenters. The molecule has 1 aromatic rings. The number of rotatable bonds is 4. The van der Waals surface area contributed by atoms with Crippen molar-refractivity contribution in [3.63, 3.8) is 0 Å². The van der Waals surface area contributed by atoms with Crippen LogP contribution in [0.15, 0.2) is 16.5 Å². The summed E-state index contributed by atoms with van der Waals surface area (Å²) in [5.41, 5.74) is -1.15. The van der Waals surface area contributed by atoms with Gasteiger partial charge < -0.3 is 14.8 Å². The van der Waals surface area contributed by atoms with E-state index < -0.39 is 11.6 Å². The summed E-state index contributed by atoms with van der Waals surface area (Å²) < 4.78 is 5.43. The van der Waals surface area contributed by atoms with Gasteiger partial charge in [0.2, 0.25) is 0 Å². The SMILES string of the molecule is Cc1ccc(C2(C)NC(=O)N(CCCO)C2=O)o1. The smallest absolute Gasteiger partial charge is 0.325 e. The highest BCUT2D eigenvalue weighted by molar-refractivity contribution is 6.06. The molecule has 0 aromatic carbocycles. The summed E-state index contributed by atoms with van der Waals surface area (Å²) in [6.07, 6.45) is 0.367. The van der Waals surface area contributed by atoms with Gasteiger partial charge in [0.1, 0.15) is 11.5 Å². The number of aliphatic hydroxyl groups is 1. The van der Waals surface area contributed by atoms with Gasteiger partial charge in [-0.05, 0) is 32.4 Å². The van der Waals surface area contributed by atoms with Crippen LogP contribution in [0.3, 0.4) is 0 Å². The van der Waals surface area contributed by atoms with Crippen molar-refractivity contribution in [2.75, 3.05) is 13.2 Å². The second-order valence-corrected chi connectivity index (χ2v) is 4.50. The topological polar surface area (TPSA) is 82.8 Å². The molecule has 0 spiro atoms. The first-order chi connectivity index (χ1) is 8.49. The number of furan rings is 1. The van der Waals surface area contributed by atoms with Crippen LogP contribution in [-0.2, 0) is 10.3 Å². The molecule has 1 atom stereocenters. The van der Waals surface area contributed by atoms with Crippen molar-refractivity contribution in [1.82, 2.24) is 10.2 Å². The van der Waals surface area contributed by atoms with E-state index in [-0.39, 0.29) is 19.1 Å². The molecule has 1 aromatic heterocycles. The number of carbonyl (C=O) groups is 2. The Hall–Kier alpha value is -1.82. The summed E-state index contributed by atoms with van der Waals surface area (Å²) in [6, 6.07) is 2.98. The summed E-state index contributed by atoms with van der Waals surface area (Å²) in [5, 5.41) is 11.4. The summed E-state index contributed by atoms with van der Waals surface area (Å²) >= 11 is 0. The van der Waals surface area contributed by atoms with E-state index in [2.05, 4.69) is 5.32 Å². The van der Waals surface area contributed by atoms with E-state index >= 15 is 0 Å². The third kappa shape index (κ3) is 1.88. The minimum absolute atomic E-state index is 0.0619. The zero-order valence-corrected chi connectivity index (χ0v) is 10.4. The van der Waals surface area contributed by atoms with Crippen molar-refractivity contribution in [2.45, 2.75) is 25.8 Å². The van der Waals surface area contributed by atoms with Gasteiger partial charge in [-0.15, -0.1) is 0 Å². The van der Waals surface area contributed by atoms with Crippen LogP contribution in [0.5, 0.6) is 0 Å². The Morgan fingerprint density at radius 2 is 2.17 bits per heavy atom. The number of aliphatic hydroxyl groups excluding tert-OH is 1. The number of hydrogen-bond donors (Lipinski definition) is 2. The highest BCUT2D eigenvalue weighted by Gasteiger charge is 2.50. The van der Waals surface area contributed by atoms with E-state index in [1.807, 2.05) is 0 Å². The third-order valence-corrected chi connectivity index (χ3v) is 3.05. The molecule has 6 nitrogen and oxygen atoms in total. The van der Waals surface area contributed by atoms with E-state index in [0.717, 1.165) is 4.90 Å². The fraction of sp³-hybridized carbons (Fsp3) is 0.500. The normalized spacial score (nSPS) is 23.6. The first kappa shape index (κ1) is 12.6. The molecule has 1 aliphatic heterocycles. The summed E-state index contributed by atoms with van der Waals surface area (Å²) in [4.78, 5) is 25.1. The molecule has 6 heteroatoms. The average molecular weight is 252 g/mol. The minimum atomic E-state index is -1.15. The fourth-order valence-electron chi connectivity index (χ4n) is 2.00. The molecular weight excluding hydrogens is 236 g/mol. The average Bonchev–Trinajstić information content (AvgIpc) is 2.83. The van der Waals surface area contributed by atoms with Crippen LogP contribution in [0, 0.1) is 6.92 Å². The highest BCUT2D eigenvalue weighted by atomic mass is 16.3. The second kappa shape index (κ2) is 4.45. The number of carbonyl (C=O) groups excluding carboxylic acids is 2. The molecule has 2 heterocycles. The number of urea groups is 1. The minimum Gasteiger partial charge on any atom is -0.463 e. The molecule has 1 fully saturated rings. The van der Waals surface area contributed by atoms with Crippen LogP contribution in [0.4, 0.5) is 4.79 Å². The molecule has 0 bridgehead atoms. The molecule has 0 saturated carbocycles. The van der Waals surface area contributed by atoms with Crippen LogP contribution < -0.4 is 5.32 Å². The van der Waals surface area contributed by atoms with Crippen LogP contribution in [-0.4, -0.2) is 35.1 Å². The molecule has 2 rings (SSSR count). The molecule has 98 valence electrons. The van der Waals surface area contributed by atoms with Crippen LogP contribution in [0.25, 0.3) is 0 Å². The van der Waals surface area contributed by atoms with Gasteiger partial charge in [0.15, 0.2) is 5.54 Å². The van der Waals surface area contributed by atoms with E-state index in [0.29, 0.717) is 17.9 Å². The van der Waals surface area contributed by atoms with E-state index in [4.69, 9.17) is 9.52 Å². The summed E-state index contributed by atoms with van der Waals surface area (Å²) in [6.45, 7) is 3.53. The maximum absolute atomic E-state index is 12.3. The van der Waals surface area contributed by atoms with Gasteiger partial charge in [0.05, 0.1) is 0 Å². The Labute approximate surface area is 105 Å². The Morgan fingerprint density at radius 3 is 2.72 bits per heavy atom. The van der Waals surface area contributed by atoms with Gasteiger partial charge >= 0.3 is 6.03 Å². The summed E-state index contributed by atoms with van der Waals surface area (Å²) in [7, 11) is 0. The Balaban J connectivity index is 2.25. The van der Waals surface area contributed by atoms with E-state index in [1.54, 1.807) is 26.0 Å². The highest BCUT2D eigenvalue weighted by Crippen LogP contribution is 2.30. The third-order valence-electron chi connectivity index (χ3n) is 3.05. The maximum atomic E-state index is 12.3. The Kier molecular flexibility index (Phi) is 3.13. The van der Waals surface area contributed by atoms with Crippen molar-refractivity contribution >= 4 is 11.9 Å². The Morgan fingerprint density at radius 1 is 1.44 bits per heavy atom. The number of imide groups is 1. The summed E-state index contributed by atoms with van der Waals surface area (Å²) in [5.74, 6) is 0.752. The van der Waals surface area contributed by atoms with Gasteiger partial charge in [-0.25, -0.2) is 4.79 Å². The molecule has 1 saturated heterocycles. The van der Waals surface area contributed by atoms with E-state index in [1.165, 1.54) is 0 Å². The van der Waals surface area contributed by atoms with E-state index in [9.17, 15) is 9.59 Å². The predicted molar refractivity (Wildman–Crippen MR) is 62.7 cm³/mol. The molecular formula is C12H16N2O4. The Bertz CT molecular complexity index is 482. The number of hydrogen-bond acceptors (Lipinski definition) is 4. The zero-order chi connectivity index (χ0) is 13.3. The number of nitrogens with zero attached hydrogens (tertiary/aromatic N) is 1. The van der Waals surface area contributed by atoms with Gasteiger partial charge in [-0.3, -0.25) is 9.69 Å². The van der Waals surface area contributed by atoms with Crippen molar-refractivity contribution in [2.24, 2.45) is 0 Å². The number of nitrogens with one attached hydrogen (secondary N) is 1. The lowest BCUT2D eigenvalue weighted by Crippen LogP contribution is -2.40. The van der Waals surface area contributed by atoms with Crippen LogP contribution in [0.2, 0.25) is 0 Å². The van der Waals surface area contributed by atoms with Gasteiger partial charge in [-0.1, -0.05) is 0 Å². The first-order valence-electron chi connectivity index (χ1n) is 5.81. The van der Waals surface area contributed by atoms with Gasteiger partial charge in [0.25, 0.3) is 5.91 Å². The standard InChI is InChI=1S/C12H16N2O4/c1-8-4-5-9(18-8)12(2)10(16)14(6-3-7-15)11(17)13-12/h4-5,15H,3,6-7H2,1-2H3,(H,13,17).